The maximum atomic E-state index is 12.0. The number of nitrogens with one attached hydrogen (secondary N) is 1. The first-order valence-corrected chi connectivity index (χ1v) is 7.51. The Kier molecular flexibility index (Phi) is 4.43. The van der Waals surface area contributed by atoms with Gasteiger partial charge in [-0.1, -0.05) is 22.0 Å². The molecule has 0 aliphatic carbocycles. The molecule has 9 heteroatoms. The van der Waals surface area contributed by atoms with Crippen molar-refractivity contribution in [2.75, 3.05) is 6.79 Å². The molecule has 8 nitrogen and oxygen atoms in total. The summed E-state index contributed by atoms with van der Waals surface area (Å²) < 4.78 is 11.1. The van der Waals surface area contributed by atoms with E-state index in [0.29, 0.717) is 17.1 Å². The van der Waals surface area contributed by atoms with Gasteiger partial charge in [-0.2, -0.15) is 5.10 Å². The molecule has 3 rings (SSSR count). The summed E-state index contributed by atoms with van der Waals surface area (Å²) in [5.41, 5.74) is 2.73. The smallest absolute Gasteiger partial charge is 0.282 e. The van der Waals surface area contributed by atoms with E-state index in [9.17, 15) is 14.9 Å². The Morgan fingerprint density at radius 2 is 2.04 bits per heavy atom. The second kappa shape index (κ2) is 6.67. The summed E-state index contributed by atoms with van der Waals surface area (Å²) in [6, 6.07) is 9.46. The number of benzene rings is 2. The Morgan fingerprint density at radius 3 is 2.75 bits per heavy atom. The predicted molar refractivity (Wildman–Crippen MR) is 88.4 cm³/mol. The van der Waals surface area contributed by atoms with Crippen LogP contribution in [-0.4, -0.2) is 23.8 Å². The molecule has 0 fully saturated rings. The normalized spacial score (nSPS) is 12.4. The number of halogens is 1. The van der Waals surface area contributed by atoms with E-state index in [0.717, 1.165) is 4.47 Å². The topological polar surface area (TPSA) is 103 Å². The highest BCUT2D eigenvalue weighted by Crippen LogP contribution is 2.37. The van der Waals surface area contributed by atoms with E-state index in [-0.39, 0.29) is 18.0 Å². The number of hydrogen-bond donors (Lipinski definition) is 1. The maximum absolute atomic E-state index is 12.0. The van der Waals surface area contributed by atoms with Gasteiger partial charge in [-0.15, -0.1) is 0 Å². The average molecular weight is 392 g/mol. The number of fused-ring (bicyclic) bond motifs is 1. The number of rotatable bonds is 4. The van der Waals surface area contributed by atoms with Gasteiger partial charge in [0, 0.05) is 10.0 Å². The summed E-state index contributed by atoms with van der Waals surface area (Å²) in [6.45, 7) is 0.00665. The van der Waals surface area contributed by atoms with Crippen molar-refractivity contribution in [3.05, 3.63) is 62.1 Å². The third-order valence-electron chi connectivity index (χ3n) is 3.18. The van der Waals surface area contributed by atoms with Gasteiger partial charge in [-0.3, -0.25) is 14.9 Å². The Bertz CT molecular complexity index is 853. The molecule has 1 N–H and O–H groups in total. The van der Waals surface area contributed by atoms with Crippen LogP contribution in [0.15, 0.2) is 46.0 Å². The van der Waals surface area contributed by atoms with E-state index in [1.807, 2.05) is 0 Å². The van der Waals surface area contributed by atoms with Gasteiger partial charge < -0.3 is 9.47 Å². The minimum absolute atomic E-state index is 0.00665. The average Bonchev–Trinajstić information content (AvgIpc) is 3.01. The molecule has 1 heterocycles. The van der Waals surface area contributed by atoms with Crippen molar-refractivity contribution in [1.82, 2.24) is 5.43 Å². The minimum atomic E-state index is -0.556. The molecule has 0 atom stereocenters. The summed E-state index contributed by atoms with van der Waals surface area (Å²) in [5.74, 6) is 0.258. The van der Waals surface area contributed by atoms with Crippen LogP contribution in [0.4, 0.5) is 5.69 Å². The third-order valence-corrected chi connectivity index (χ3v) is 3.67. The number of amides is 1. The lowest BCUT2D eigenvalue weighted by molar-refractivity contribution is -0.385. The van der Waals surface area contributed by atoms with Crippen LogP contribution in [-0.2, 0) is 0 Å². The lowest BCUT2D eigenvalue weighted by Crippen LogP contribution is -2.17. The van der Waals surface area contributed by atoms with Gasteiger partial charge >= 0.3 is 0 Å². The molecule has 0 saturated carbocycles. The molecule has 24 heavy (non-hydrogen) atoms. The van der Waals surface area contributed by atoms with E-state index < -0.39 is 10.8 Å². The highest BCUT2D eigenvalue weighted by Gasteiger charge is 2.22. The molecule has 0 bridgehead atoms. The first-order valence-electron chi connectivity index (χ1n) is 6.71. The number of nitro benzene ring substituents is 1. The van der Waals surface area contributed by atoms with Gasteiger partial charge in [0.05, 0.1) is 22.8 Å². The Morgan fingerprint density at radius 1 is 1.29 bits per heavy atom. The summed E-state index contributed by atoms with van der Waals surface area (Å²) in [7, 11) is 0. The number of carbonyl (C=O) groups excluding carboxylic acids is 1. The summed E-state index contributed by atoms with van der Waals surface area (Å²) in [5, 5.41) is 14.9. The standard InChI is InChI=1S/C15H10BrN3O5/c16-11-3-1-2-9(4-11)15(20)18-17-7-10-5-13-14(24-8-23-13)6-12(10)19(21)22/h1-7H,8H2,(H,18,20). The zero-order chi connectivity index (χ0) is 17.1. The number of nitrogens with zero attached hydrogens (tertiary/aromatic N) is 2. The molecule has 0 spiro atoms. The predicted octanol–water partition coefficient (Wildman–Crippen LogP) is 2.85. The molecule has 122 valence electrons. The Balaban J connectivity index is 1.79. The number of hydrazone groups is 1. The van der Waals surface area contributed by atoms with Gasteiger partial charge in [0.2, 0.25) is 6.79 Å². The molecular formula is C15H10BrN3O5. The maximum Gasteiger partial charge on any atom is 0.282 e. The first kappa shape index (κ1) is 15.9. The van der Waals surface area contributed by atoms with Gasteiger partial charge in [-0.05, 0) is 24.3 Å². The van der Waals surface area contributed by atoms with Crippen molar-refractivity contribution < 1.29 is 19.2 Å². The van der Waals surface area contributed by atoms with E-state index >= 15 is 0 Å². The summed E-state index contributed by atoms with van der Waals surface area (Å²) in [6.07, 6.45) is 1.19. The van der Waals surface area contributed by atoms with E-state index in [1.165, 1.54) is 18.3 Å². The van der Waals surface area contributed by atoms with Gasteiger partial charge in [0.1, 0.15) is 0 Å². The van der Waals surface area contributed by atoms with Crippen LogP contribution in [0.1, 0.15) is 15.9 Å². The van der Waals surface area contributed by atoms with Crippen molar-refractivity contribution in [1.29, 1.82) is 0 Å². The first-order chi connectivity index (χ1) is 11.5. The molecule has 0 saturated heterocycles. The van der Waals surface area contributed by atoms with E-state index in [1.54, 1.807) is 24.3 Å². The monoisotopic (exact) mass is 391 g/mol. The summed E-state index contributed by atoms with van der Waals surface area (Å²) >= 11 is 3.27. The molecule has 1 aliphatic rings. The van der Waals surface area contributed by atoms with E-state index in [2.05, 4.69) is 26.5 Å². The molecule has 1 amide bonds. The molecule has 1 aliphatic heterocycles. The van der Waals surface area contributed by atoms with Crippen molar-refractivity contribution >= 4 is 33.7 Å². The van der Waals surface area contributed by atoms with Gasteiger partial charge in [0.25, 0.3) is 11.6 Å². The fourth-order valence-corrected chi connectivity index (χ4v) is 2.46. The van der Waals surface area contributed by atoms with Crippen molar-refractivity contribution in [2.45, 2.75) is 0 Å². The van der Waals surface area contributed by atoms with Crippen molar-refractivity contribution in [3.63, 3.8) is 0 Å². The van der Waals surface area contributed by atoms with Crippen LogP contribution in [0.3, 0.4) is 0 Å². The fourth-order valence-electron chi connectivity index (χ4n) is 2.06. The van der Waals surface area contributed by atoms with Crippen molar-refractivity contribution in [3.8, 4) is 11.5 Å². The lowest BCUT2D eigenvalue weighted by Gasteiger charge is -2.02. The molecule has 0 radical (unpaired) electrons. The second-order valence-electron chi connectivity index (χ2n) is 4.73. The van der Waals surface area contributed by atoms with Crippen molar-refractivity contribution in [2.24, 2.45) is 5.10 Å². The van der Waals surface area contributed by atoms with Crippen LogP contribution in [0.25, 0.3) is 0 Å². The van der Waals surface area contributed by atoms with Crippen LogP contribution in [0.5, 0.6) is 11.5 Å². The lowest BCUT2D eigenvalue weighted by atomic mass is 10.1. The van der Waals surface area contributed by atoms with Crippen LogP contribution < -0.4 is 14.9 Å². The zero-order valence-electron chi connectivity index (χ0n) is 12.1. The quantitative estimate of drug-likeness (QED) is 0.490. The van der Waals surface area contributed by atoms with Crippen LogP contribution in [0.2, 0.25) is 0 Å². The van der Waals surface area contributed by atoms with Crippen LogP contribution >= 0.6 is 15.9 Å². The highest BCUT2D eigenvalue weighted by molar-refractivity contribution is 9.10. The summed E-state index contributed by atoms with van der Waals surface area (Å²) in [4.78, 5) is 22.5. The molecule has 0 aromatic heterocycles. The van der Waals surface area contributed by atoms with Gasteiger partial charge in [0.15, 0.2) is 11.5 Å². The fraction of sp³-hybridized carbons (Fsp3) is 0.0667. The number of hydrogen-bond acceptors (Lipinski definition) is 6. The van der Waals surface area contributed by atoms with Crippen LogP contribution in [0, 0.1) is 10.1 Å². The van der Waals surface area contributed by atoms with Gasteiger partial charge in [-0.25, -0.2) is 5.43 Å². The third kappa shape index (κ3) is 3.35. The largest absolute Gasteiger partial charge is 0.454 e. The minimum Gasteiger partial charge on any atom is -0.454 e. The Hall–Kier alpha value is -2.94. The second-order valence-corrected chi connectivity index (χ2v) is 5.65. The number of nitro groups is 1. The molecule has 2 aromatic rings. The number of carbonyl (C=O) groups is 1. The van der Waals surface area contributed by atoms with E-state index in [4.69, 9.17) is 9.47 Å². The zero-order valence-corrected chi connectivity index (χ0v) is 13.6. The molecular weight excluding hydrogens is 382 g/mol. The molecule has 0 unspecified atom stereocenters. The SMILES string of the molecule is O=C(NN=Cc1cc2c(cc1[N+](=O)[O-])OCO2)c1cccc(Br)c1. The Labute approximate surface area is 144 Å². The molecule has 2 aromatic carbocycles. The number of ether oxygens (including phenoxy) is 2. The highest BCUT2D eigenvalue weighted by atomic mass is 79.9.